The highest BCUT2D eigenvalue weighted by atomic mass is 16.1. The zero-order chi connectivity index (χ0) is 11.1. The maximum absolute atomic E-state index is 12.0. The summed E-state index contributed by atoms with van der Waals surface area (Å²) >= 11 is 0. The minimum Gasteiger partial charge on any atom is -0.361 e. The van der Waals surface area contributed by atoms with E-state index in [1.807, 2.05) is 51.2 Å². The minimum atomic E-state index is -0.319. The van der Waals surface area contributed by atoms with Crippen LogP contribution in [0, 0.1) is 5.41 Å². The summed E-state index contributed by atoms with van der Waals surface area (Å²) in [7, 11) is 0. The van der Waals surface area contributed by atoms with Gasteiger partial charge in [-0.15, -0.1) is 0 Å². The molecule has 0 saturated heterocycles. The van der Waals surface area contributed by atoms with Gasteiger partial charge in [0.1, 0.15) is 0 Å². The maximum atomic E-state index is 12.0. The molecule has 15 heavy (non-hydrogen) atoms. The lowest BCUT2D eigenvalue weighted by Gasteiger charge is -2.16. The van der Waals surface area contributed by atoms with Crippen molar-refractivity contribution in [3.05, 3.63) is 36.0 Å². The highest BCUT2D eigenvalue weighted by molar-refractivity contribution is 6.02. The van der Waals surface area contributed by atoms with Crippen LogP contribution >= 0.6 is 0 Å². The molecule has 0 fully saturated rings. The molecule has 0 aliphatic heterocycles. The first kappa shape index (κ1) is 9.97. The molecule has 0 saturated carbocycles. The number of hydrogen-bond acceptors (Lipinski definition) is 1. The Hall–Kier alpha value is -1.57. The van der Waals surface area contributed by atoms with Gasteiger partial charge < -0.3 is 4.98 Å². The van der Waals surface area contributed by atoms with Crippen molar-refractivity contribution in [1.29, 1.82) is 0 Å². The van der Waals surface area contributed by atoms with Crippen LogP contribution in [-0.2, 0) is 0 Å². The first-order chi connectivity index (χ1) is 6.98. The number of rotatable bonds is 1. The van der Waals surface area contributed by atoms with Crippen LogP contribution in [0.2, 0.25) is 0 Å². The summed E-state index contributed by atoms with van der Waals surface area (Å²) in [4.78, 5) is 15.1. The largest absolute Gasteiger partial charge is 0.361 e. The number of carbonyl (C=O) groups is 1. The van der Waals surface area contributed by atoms with Gasteiger partial charge in [0.05, 0.1) is 0 Å². The Bertz CT molecular complexity index is 502. The standard InChI is InChI=1S/C13H15NO/c1-13(2,3)12(15)10-5-4-9-6-7-14-11(9)8-10/h4-8,14H,1-3H3. The summed E-state index contributed by atoms with van der Waals surface area (Å²) < 4.78 is 0. The molecule has 0 spiro atoms. The van der Waals surface area contributed by atoms with E-state index in [0.717, 1.165) is 16.5 Å². The van der Waals surface area contributed by atoms with Crippen LogP contribution in [0.25, 0.3) is 10.9 Å². The first-order valence-electron chi connectivity index (χ1n) is 5.10. The van der Waals surface area contributed by atoms with Gasteiger partial charge in [0, 0.05) is 22.7 Å². The molecule has 0 radical (unpaired) electrons. The number of aromatic amines is 1. The fourth-order valence-electron chi connectivity index (χ4n) is 1.62. The van der Waals surface area contributed by atoms with Crippen LogP contribution in [0.4, 0.5) is 0 Å². The lowest BCUT2D eigenvalue weighted by atomic mass is 9.86. The van der Waals surface area contributed by atoms with E-state index < -0.39 is 0 Å². The maximum Gasteiger partial charge on any atom is 0.168 e. The lowest BCUT2D eigenvalue weighted by Crippen LogP contribution is -2.19. The molecule has 2 nitrogen and oxygen atoms in total. The lowest BCUT2D eigenvalue weighted by molar-refractivity contribution is 0.0858. The predicted molar refractivity (Wildman–Crippen MR) is 62.1 cm³/mol. The van der Waals surface area contributed by atoms with Crippen molar-refractivity contribution in [3.8, 4) is 0 Å². The molecule has 0 atom stereocenters. The highest BCUT2D eigenvalue weighted by Gasteiger charge is 2.22. The third-order valence-electron chi connectivity index (χ3n) is 2.50. The Morgan fingerprint density at radius 2 is 1.93 bits per heavy atom. The van der Waals surface area contributed by atoms with E-state index in [4.69, 9.17) is 0 Å². The Labute approximate surface area is 89.3 Å². The van der Waals surface area contributed by atoms with E-state index >= 15 is 0 Å². The van der Waals surface area contributed by atoms with Gasteiger partial charge in [-0.1, -0.05) is 32.9 Å². The minimum absolute atomic E-state index is 0.180. The van der Waals surface area contributed by atoms with Gasteiger partial charge >= 0.3 is 0 Å². The molecular weight excluding hydrogens is 186 g/mol. The first-order valence-corrected chi connectivity index (χ1v) is 5.10. The molecule has 2 rings (SSSR count). The SMILES string of the molecule is CC(C)(C)C(=O)c1ccc2cc[nH]c2c1. The van der Waals surface area contributed by atoms with Crippen molar-refractivity contribution in [1.82, 2.24) is 4.98 Å². The van der Waals surface area contributed by atoms with E-state index in [1.54, 1.807) is 0 Å². The van der Waals surface area contributed by atoms with Crippen molar-refractivity contribution >= 4 is 16.7 Å². The fraction of sp³-hybridized carbons (Fsp3) is 0.308. The van der Waals surface area contributed by atoms with Crippen molar-refractivity contribution in [2.24, 2.45) is 5.41 Å². The second kappa shape index (κ2) is 3.23. The van der Waals surface area contributed by atoms with Crippen molar-refractivity contribution in [2.45, 2.75) is 20.8 Å². The predicted octanol–water partition coefficient (Wildman–Crippen LogP) is 3.40. The molecule has 1 aromatic carbocycles. The number of nitrogens with one attached hydrogen (secondary N) is 1. The van der Waals surface area contributed by atoms with Crippen LogP contribution in [0.15, 0.2) is 30.5 Å². The van der Waals surface area contributed by atoms with Crippen LogP contribution in [0.3, 0.4) is 0 Å². The molecular formula is C13H15NO. The second-order valence-corrected chi connectivity index (χ2v) is 4.86. The monoisotopic (exact) mass is 201 g/mol. The third kappa shape index (κ3) is 1.80. The molecule has 0 unspecified atom stereocenters. The summed E-state index contributed by atoms with van der Waals surface area (Å²) in [5, 5.41) is 1.14. The van der Waals surface area contributed by atoms with Crippen LogP contribution in [0.5, 0.6) is 0 Å². The summed E-state index contributed by atoms with van der Waals surface area (Å²) in [5.74, 6) is 0.180. The summed E-state index contributed by atoms with van der Waals surface area (Å²) in [6.07, 6.45) is 1.88. The van der Waals surface area contributed by atoms with Crippen LogP contribution in [-0.4, -0.2) is 10.8 Å². The van der Waals surface area contributed by atoms with E-state index in [9.17, 15) is 4.79 Å². The van der Waals surface area contributed by atoms with Crippen molar-refractivity contribution < 1.29 is 4.79 Å². The van der Waals surface area contributed by atoms with Gasteiger partial charge in [-0.25, -0.2) is 0 Å². The Morgan fingerprint density at radius 3 is 2.60 bits per heavy atom. The van der Waals surface area contributed by atoms with E-state index in [-0.39, 0.29) is 11.2 Å². The Morgan fingerprint density at radius 1 is 1.20 bits per heavy atom. The number of Topliss-reactive ketones (excluding diaryl/α,β-unsaturated/α-hetero) is 1. The summed E-state index contributed by atoms with van der Waals surface area (Å²) in [6.45, 7) is 5.82. The average molecular weight is 201 g/mol. The molecule has 1 N–H and O–H groups in total. The molecule has 2 heteroatoms. The zero-order valence-corrected chi connectivity index (χ0v) is 9.29. The van der Waals surface area contributed by atoms with Gasteiger partial charge in [-0.2, -0.15) is 0 Å². The Kier molecular flexibility index (Phi) is 2.14. The molecule has 0 aliphatic rings. The molecule has 1 heterocycles. The number of fused-ring (bicyclic) bond motifs is 1. The van der Waals surface area contributed by atoms with Gasteiger partial charge in [-0.05, 0) is 17.5 Å². The van der Waals surface area contributed by atoms with E-state index in [2.05, 4.69) is 4.98 Å². The Balaban J connectivity index is 2.49. The van der Waals surface area contributed by atoms with E-state index in [1.165, 1.54) is 0 Å². The smallest absolute Gasteiger partial charge is 0.168 e. The second-order valence-electron chi connectivity index (χ2n) is 4.86. The van der Waals surface area contributed by atoms with Gasteiger partial charge in [0.25, 0.3) is 0 Å². The number of aromatic nitrogens is 1. The fourth-order valence-corrected chi connectivity index (χ4v) is 1.62. The van der Waals surface area contributed by atoms with Crippen molar-refractivity contribution in [3.63, 3.8) is 0 Å². The van der Waals surface area contributed by atoms with Gasteiger partial charge in [0.15, 0.2) is 5.78 Å². The van der Waals surface area contributed by atoms with E-state index in [0.29, 0.717) is 0 Å². The average Bonchev–Trinajstić information content (AvgIpc) is 2.61. The van der Waals surface area contributed by atoms with Crippen molar-refractivity contribution in [2.75, 3.05) is 0 Å². The number of H-pyrrole nitrogens is 1. The number of ketones is 1. The molecule has 0 bridgehead atoms. The molecule has 1 aromatic heterocycles. The quantitative estimate of drug-likeness (QED) is 0.705. The normalized spacial score (nSPS) is 11.9. The van der Waals surface area contributed by atoms with Gasteiger partial charge in [0.2, 0.25) is 0 Å². The number of hydrogen-bond donors (Lipinski definition) is 1. The number of carbonyl (C=O) groups excluding carboxylic acids is 1. The molecule has 78 valence electrons. The van der Waals surface area contributed by atoms with Crippen LogP contribution < -0.4 is 0 Å². The highest BCUT2D eigenvalue weighted by Crippen LogP contribution is 2.23. The summed E-state index contributed by atoms with van der Waals surface area (Å²) in [6, 6.07) is 7.79. The topological polar surface area (TPSA) is 32.9 Å². The molecule has 0 aliphatic carbocycles. The molecule has 2 aromatic rings. The zero-order valence-electron chi connectivity index (χ0n) is 9.29. The van der Waals surface area contributed by atoms with Gasteiger partial charge in [-0.3, -0.25) is 4.79 Å². The third-order valence-corrected chi connectivity index (χ3v) is 2.50. The summed E-state index contributed by atoms with van der Waals surface area (Å²) in [5.41, 5.74) is 1.47. The van der Waals surface area contributed by atoms with Crippen LogP contribution in [0.1, 0.15) is 31.1 Å². The number of benzene rings is 1. The molecule has 0 amide bonds.